The van der Waals surface area contributed by atoms with Crippen LogP contribution < -0.4 is 4.74 Å². The average molecular weight is 453 g/mol. The molecule has 0 saturated carbocycles. The van der Waals surface area contributed by atoms with E-state index in [2.05, 4.69) is 5.16 Å². The fourth-order valence-corrected chi connectivity index (χ4v) is 3.82. The van der Waals surface area contributed by atoms with Crippen molar-refractivity contribution in [3.63, 3.8) is 0 Å². The third-order valence-corrected chi connectivity index (χ3v) is 5.44. The van der Waals surface area contributed by atoms with Gasteiger partial charge in [-0.05, 0) is 65.7 Å². The number of hydrogen-bond donors (Lipinski definition) is 0. The number of amides is 1. The Morgan fingerprint density at radius 2 is 1.94 bits per heavy atom. The molecule has 1 aliphatic rings. The normalized spacial score (nSPS) is 15.1. The first kappa shape index (κ1) is 21.8. The van der Waals surface area contributed by atoms with Gasteiger partial charge < -0.3 is 14.5 Å². The lowest BCUT2D eigenvalue weighted by atomic mass is 10.0. The Hall–Kier alpha value is -3.38. The summed E-state index contributed by atoms with van der Waals surface area (Å²) in [7, 11) is 1.62. The molecule has 4 rings (SSSR count). The van der Waals surface area contributed by atoms with Crippen molar-refractivity contribution >= 4 is 23.2 Å². The van der Waals surface area contributed by atoms with Gasteiger partial charge >= 0.3 is 0 Å². The molecule has 7 heteroatoms. The van der Waals surface area contributed by atoms with Crippen LogP contribution in [0, 0.1) is 5.82 Å². The summed E-state index contributed by atoms with van der Waals surface area (Å²) in [6.07, 6.45) is 0.234. The van der Waals surface area contributed by atoms with Gasteiger partial charge in [-0.3, -0.25) is 4.79 Å². The predicted octanol–water partition coefficient (Wildman–Crippen LogP) is 5.32. The Balaban J connectivity index is 1.50. The molecular weight excluding hydrogens is 431 g/mol. The third kappa shape index (κ3) is 5.26. The largest absolute Gasteiger partial charge is 0.497 e. The molecule has 1 heterocycles. The van der Waals surface area contributed by atoms with Crippen molar-refractivity contribution in [2.75, 3.05) is 13.7 Å². The summed E-state index contributed by atoms with van der Waals surface area (Å²) in [5, 5.41) is 4.81. The molecule has 0 unspecified atom stereocenters. The number of hydrogen-bond acceptors (Lipinski definition) is 4. The van der Waals surface area contributed by atoms with Crippen LogP contribution in [0.1, 0.15) is 27.9 Å². The van der Waals surface area contributed by atoms with Crippen LogP contribution >= 0.6 is 11.6 Å². The van der Waals surface area contributed by atoms with Crippen LogP contribution in [0.4, 0.5) is 4.39 Å². The van der Waals surface area contributed by atoms with Crippen LogP contribution in [0.3, 0.4) is 0 Å². The third-order valence-electron chi connectivity index (χ3n) is 5.20. The van der Waals surface area contributed by atoms with E-state index in [4.69, 9.17) is 21.2 Å². The van der Waals surface area contributed by atoms with Crippen LogP contribution in [0.15, 0.2) is 78.0 Å². The molecule has 1 atom stereocenters. The van der Waals surface area contributed by atoms with Gasteiger partial charge in [0, 0.05) is 23.6 Å². The number of nitrogens with zero attached hydrogens (tertiary/aromatic N) is 2. The van der Waals surface area contributed by atoms with E-state index in [0.29, 0.717) is 24.5 Å². The van der Waals surface area contributed by atoms with Gasteiger partial charge in [0.1, 0.15) is 11.6 Å². The van der Waals surface area contributed by atoms with Gasteiger partial charge in [-0.15, -0.1) is 0 Å². The number of halogens is 2. The Morgan fingerprint density at radius 3 is 2.66 bits per heavy atom. The highest BCUT2D eigenvalue weighted by molar-refractivity contribution is 6.30. The number of benzene rings is 3. The molecule has 0 bridgehead atoms. The minimum absolute atomic E-state index is 0.279. The van der Waals surface area contributed by atoms with Gasteiger partial charge in [-0.2, -0.15) is 0 Å². The number of rotatable bonds is 7. The molecule has 0 saturated heterocycles. The second-order valence-electron chi connectivity index (χ2n) is 7.52. The highest BCUT2D eigenvalue weighted by atomic mass is 35.5. The zero-order valence-electron chi connectivity index (χ0n) is 17.5. The van der Waals surface area contributed by atoms with Crippen molar-refractivity contribution in [1.82, 2.24) is 4.90 Å². The molecule has 0 N–H and O–H groups in total. The highest BCUT2D eigenvalue weighted by Gasteiger charge is 2.27. The summed E-state index contributed by atoms with van der Waals surface area (Å²) in [6, 6.07) is 20.6. The van der Waals surface area contributed by atoms with Crippen molar-refractivity contribution in [2.24, 2.45) is 5.16 Å². The summed E-state index contributed by atoms with van der Waals surface area (Å²) < 4.78 is 18.9. The van der Waals surface area contributed by atoms with Gasteiger partial charge in [-0.1, -0.05) is 35.0 Å². The summed E-state index contributed by atoms with van der Waals surface area (Å²) in [5.41, 5.74) is 2.89. The molecule has 5 nitrogen and oxygen atoms in total. The molecule has 3 aromatic carbocycles. The molecule has 164 valence electrons. The topological polar surface area (TPSA) is 51.1 Å². The minimum atomic E-state index is -0.458. The van der Waals surface area contributed by atoms with E-state index in [1.165, 1.54) is 18.2 Å². The van der Waals surface area contributed by atoms with Gasteiger partial charge in [0.05, 0.1) is 19.4 Å². The minimum Gasteiger partial charge on any atom is -0.497 e. The Morgan fingerprint density at radius 1 is 1.16 bits per heavy atom. The molecule has 32 heavy (non-hydrogen) atoms. The van der Waals surface area contributed by atoms with E-state index in [-0.39, 0.29) is 17.6 Å². The van der Waals surface area contributed by atoms with Crippen LogP contribution in [0.2, 0.25) is 5.02 Å². The Bertz CT molecular complexity index is 1130. The number of methoxy groups -OCH3 is 1. The number of carbonyl (C=O) groups excluding carboxylic acids is 1. The van der Waals surface area contributed by atoms with Gasteiger partial charge in [0.25, 0.3) is 5.91 Å². The molecule has 1 amide bonds. The maximum atomic E-state index is 13.7. The Kier molecular flexibility index (Phi) is 6.71. The molecule has 3 aromatic rings. The molecule has 0 aliphatic carbocycles. The lowest BCUT2D eigenvalue weighted by Gasteiger charge is -2.25. The molecule has 0 fully saturated rings. The zero-order chi connectivity index (χ0) is 22.5. The second kappa shape index (κ2) is 9.83. The lowest BCUT2D eigenvalue weighted by molar-refractivity contribution is 0.0405. The van der Waals surface area contributed by atoms with Crippen molar-refractivity contribution in [3.05, 3.63) is 100 Å². The van der Waals surface area contributed by atoms with Crippen molar-refractivity contribution in [3.8, 4) is 5.75 Å². The summed E-state index contributed by atoms with van der Waals surface area (Å²) >= 11 is 6.12. The van der Waals surface area contributed by atoms with E-state index in [0.717, 1.165) is 22.6 Å². The van der Waals surface area contributed by atoms with E-state index in [1.807, 2.05) is 42.5 Å². The zero-order valence-corrected chi connectivity index (χ0v) is 18.3. The smallest absolute Gasteiger partial charge is 0.254 e. The van der Waals surface area contributed by atoms with Crippen LogP contribution in [-0.2, 0) is 11.4 Å². The van der Waals surface area contributed by atoms with Crippen molar-refractivity contribution in [1.29, 1.82) is 0 Å². The Labute approximate surface area is 191 Å². The number of carbonyl (C=O) groups is 1. The summed E-state index contributed by atoms with van der Waals surface area (Å²) in [5.74, 6) is 0.0185. The van der Waals surface area contributed by atoms with E-state index < -0.39 is 5.82 Å². The SMILES string of the molecule is COc1ccc(C2=NO[C@@H](CN(Cc3cccc(Cl)c3)C(=O)c3cccc(F)c3)C2)cc1. The fourth-order valence-electron chi connectivity index (χ4n) is 3.61. The van der Waals surface area contributed by atoms with Crippen LogP contribution in [0.25, 0.3) is 0 Å². The first-order chi connectivity index (χ1) is 15.5. The standard InChI is InChI=1S/C25H22ClFN2O3/c1-31-22-10-8-18(9-11-22)24-14-23(32-28-24)16-29(15-17-4-2-6-20(26)12-17)25(30)19-5-3-7-21(27)13-19/h2-13,23H,14-16H2,1H3/t23-/m1/s1. The lowest BCUT2D eigenvalue weighted by Crippen LogP contribution is -2.37. The molecule has 0 spiro atoms. The van der Waals surface area contributed by atoms with Crippen molar-refractivity contribution < 1.29 is 18.8 Å². The monoisotopic (exact) mass is 452 g/mol. The van der Waals surface area contributed by atoms with E-state index in [1.54, 1.807) is 24.1 Å². The molecule has 0 aromatic heterocycles. The molecule has 1 aliphatic heterocycles. The van der Waals surface area contributed by atoms with Crippen LogP contribution in [0.5, 0.6) is 5.75 Å². The predicted molar refractivity (Wildman–Crippen MR) is 122 cm³/mol. The van der Waals surface area contributed by atoms with Gasteiger partial charge in [0.15, 0.2) is 6.10 Å². The van der Waals surface area contributed by atoms with Gasteiger partial charge in [0.2, 0.25) is 0 Å². The first-order valence-electron chi connectivity index (χ1n) is 10.2. The van der Waals surface area contributed by atoms with E-state index in [9.17, 15) is 9.18 Å². The number of oxime groups is 1. The molecule has 0 radical (unpaired) electrons. The summed E-state index contributed by atoms with van der Waals surface area (Å²) in [4.78, 5) is 20.5. The van der Waals surface area contributed by atoms with E-state index >= 15 is 0 Å². The highest BCUT2D eigenvalue weighted by Crippen LogP contribution is 2.22. The van der Waals surface area contributed by atoms with Crippen molar-refractivity contribution in [2.45, 2.75) is 19.1 Å². The summed E-state index contributed by atoms with van der Waals surface area (Å²) in [6.45, 7) is 0.610. The molecular formula is C25H22ClFN2O3. The van der Waals surface area contributed by atoms with Crippen LogP contribution in [-0.4, -0.2) is 36.3 Å². The quantitative estimate of drug-likeness (QED) is 0.487. The number of ether oxygens (including phenoxy) is 1. The maximum Gasteiger partial charge on any atom is 0.254 e. The first-order valence-corrected chi connectivity index (χ1v) is 10.6. The second-order valence-corrected chi connectivity index (χ2v) is 7.96. The maximum absolute atomic E-state index is 13.7. The fraction of sp³-hybridized carbons (Fsp3) is 0.200. The average Bonchev–Trinajstić information content (AvgIpc) is 3.27. The van der Waals surface area contributed by atoms with Gasteiger partial charge in [-0.25, -0.2) is 4.39 Å².